The lowest BCUT2D eigenvalue weighted by Gasteiger charge is -2.20. The number of benzene rings is 1. The van der Waals surface area contributed by atoms with Crippen LogP contribution in [0, 0.1) is 15.5 Å². The van der Waals surface area contributed by atoms with Gasteiger partial charge in [-0.05, 0) is 18.9 Å². The van der Waals surface area contributed by atoms with E-state index in [2.05, 4.69) is 10.6 Å². The van der Waals surface area contributed by atoms with Crippen LogP contribution >= 0.6 is 0 Å². The van der Waals surface area contributed by atoms with Crippen molar-refractivity contribution in [2.45, 2.75) is 19.9 Å². The number of carboxylic acid groups (broad SMARTS) is 1. The fraction of sp³-hybridized carbons (Fsp3) is 0.438. The van der Waals surface area contributed by atoms with Crippen LogP contribution in [0.25, 0.3) is 0 Å². The van der Waals surface area contributed by atoms with Gasteiger partial charge in [-0.2, -0.15) is 0 Å². The summed E-state index contributed by atoms with van der Waals surface area (Å²) in [6.07, 6.45) is 0.375. The molecule has 0 aliphatic carbocycles. The first kappa shape index (κ1) is 19.2. The Kier molecular flexibility index (Phi) is 5.75. The SMILES string of the molecule is CC1(C(=O)O)CCN(C(=O)CNC(=O)NCc2ccc([N+](=O)[O-])cc2)C1. The molecule has 0 aromatic heterocycles. The van der Waals surface area contributed by atoms with Crippen LogP contribution in [0.4, 0.5) is 10.5 Å². The Labute approximate surface area is 149 Å². The van der Waals surface area contributed by atoms with E-state index in [0.717, 1.165) is 0 Å². The Bertz CT molecular complexity index is 720. The summed E-state index contributed by atoms with van der Waals surface area (Å²) in [5.41, 5.74) is -0.315. The van der Waals surface area contributed by atoms with Crippen LogP contribution < -0.4 is 10.6 Å². The second-order valence-corrected chi connectivity index (χ2v) is 6.39. The summed E-state index contributed by atoms with van der Waals surface area (Å²) >= 11 is 0. The van der Waals surface area contributed by atoms with Crippen molar-refractivity contribution in [2.75, 3.05) is 19.6 Å². The zero-order valence-electron chi connectivity index (χ0n) is 14.2. The van der Waals surface area contributed by atoms with Gasteiger partial charge in [0.05, 0.1) is 16.9 Å². The molecule has 1 atom stereocenters. The molecule has 1 aliphatic heterocycles. The van der Waals surface area contributed by atoms with Crippen molar-refractivity contribution < 1.29 is 24.4 Å². The van der Waals surface area contributed by atoms with Gasteiger partial charge in [0.2, 0.25) is 5.91 Å². The quantitative estimate of drug-likeness (QED) is 0.501. The van der Waals surface area contributed by atoms with Gasteiger partial charge in [0.15, 0.2) is 0 Å². The van der Waals surface area contributed by atoms with E-state index in [1.54, 1.807) is 6.92 Å². The Morgan fingerprint density at radius 1 is 1.27 bits per heavy atom. The molecule has 0 saturated carbocycles. The highest BCUT2D eigenvalue weighted by atomic mass is 16.6. The highest BCUT2D eigenvalue weighted by Crippen LogP contribution is 2.29. The summed E-state index contributed by atoms with van der Waals surface area (Å²) in [7, 11) is 0. The number of aliphatic carboxylic acids is 1. The Balaban J connectivity index is 1.74. The number of urea groups is 1. The number of nitro benzene ring substituents is 1. The molecule has 2 rings (SSSR count). The Morgan fingerprint density at radius 3 is 2.46 bits per heavy atom. The van der Waals surface area contributed by atoms with Crippen molar-refractivity contribution >= 4 is 23.6 Å². The van der Waals surface area contributed by atoms with Gasteiger partial charge in [-0.3, -0.25) is 19.7 Å². The van der Waals surface area contributed by atoms with E-state index in [-0.39, 0.29) is 31.2 Å². The lowest BCUT2D eigenvalue weighted by atomic mass is 9.90. The molecule has 3 amide bonds. The number of non-ortho nitro benzene ring substituents is 1. The van der Waals surface area contributed by atoms with E-state index in [1.165, 1.54) is 29.2 Å². The van der Waals surface area contributed by atoms with Gasteiger partial charge in [-0.15, -0.1) is 0 Å². The van der Waals surface area contributed by atoms with Crippen molar-refractivity contribution in [3.8, 4) is 0 Å². The standard InChI is InChI=1S/C16H20N4O6/c1-16(14(22)23)6-7-19(10-16)13(21)9-18-15(24)17-8-11-2-4-12(5-3-11)20(25)26/h2-5H,6-10H2,1H3,(H,22,23)(H2,17,18,24). The first-order valence-electron chi connectivity index (χ1n) is 7.97. The summed E-state index contributed by atoms with van der Waals surface area (Å²) in [5.74, 6) is -1.29. The lowest BCUT2D eigenvalue weighted by molar-refractivity contribution is -0.384. The van der Waals surface area contributed by atoms with Gasteiger partial charge in [-0.25, -0.2) is 4.79 Å². The maximum Gasteiger partial charge on any atom is 0.315 e. The third-order valence-corrected chi connectivity index (χ3v) is 4.34. The Hall–Kier alpha value is -3.17. The smallest absolute Gasteiger partial charge is 0.315 e. The molecule has 10 nitrogen and oxygen atoms in total. The van der Waals surface area contributed by atoms with Crippen molar-refractivity contribution in [1.82, 2.24) is 15.5 Å². The fourth-order valence-corrected chi connectivity index (χ4v) is 2.60. The second kappa shape index (κ2) is 7.81. The number of carbonyl (C=O) groups excluding carboxylic acids is 2. The molecule has 1 aliphatic rings. The van der Waals surface area contributed by atoms with Crippen LogP contribution in [0.5, 0.6) is 0 Å². The molecule has 1 aromatic carbocycles. The van der Waals surface area contributed by atoms with Gasteiger partial charge in [-0.1, -0.05) is 12.1 Å². The van der Waals surface area contributed by atoms with Crippen LogP contribution in [0.3, 0.4) is 0 Å². The van der Waals surface area contributed by atoms with Crippen LogP contribution in [0.15, 0.2) is 24.3 Å². The van der Waals surface area contributed by atoms with E-state index in [1.807, 2.05) is 0 Å². The lowest BCUT2D eigenvalue weighted by Crippen LogP contribution is -2.43. The van der Waals surface area contributed by atoms with E-state index >= 15 is 0 Å². The number of likely N-dealkylation sites (tertiary alicyclic amines) is 1. The van der Waals surface area contributed by atoms with Crippen molar-refractivity contribution in [3.05, 3.63) is 39.9 Å². The minimum absolute atomic E-state index is 0.0391. The molecular weight excluding hydrogens is 344 g/mol. The molecule has 140 valence electrons. The number of hydrogen-bond donors (Lipinski definition) is 3. The normalized spacial score (nSPS) is 19.0. The van der Waals surface area contributed by atoms with Crippen LogP contribution in [0.1, 0.15) is 18.9 Å². The minimum atomic E-state index is -0.951. The molecule has 1 fully saturated rings. The predicted molar refractivity (Wildman–Crippen MR) is 90.3 cm³/mol. The number of nitrogens with zero attached hydrogens (tertiary/aromatic N) is 2. The summed E-state index contributed by atoms with van der Waals surface area (Å²) in [5, 5.41) is 24.7. The topological polar surface area (TPSA) is 142 Å². The van der Waals surface area contributed by atoms with Crippen molar-refractivity contribution in [3.63, 3.8) is 0 Å². The second-order valence-electron chi connectivity index (χ2n) is 6.39. The van der Waals surface area contributed by atoms with Gasteiger partial charge in [0, 0.05) is 31.8 Å². The number of nitro groups is 1. The fourth-order valence-electron chi connectivity index (χ4n) is 2.60. The maximum atomic E-state index is 12.1. The largest absolute Gasteiger partial charge is 0.481 e. The van der Waals surface area contributed by atoms with Gasteiger partial charge >= 0.3 is 12.0 Å². The highest BCUT2D eigenvalue weighted by Gasteiger charge is 2.41. The highest BCUT2D eigenvalue weighted by molar-refractivity contribution is 5.85. The summed E-state index contributed by atoms with van der Waals surface area (Å²) < 4.78 is 0. The molecule has 0 radical (unpaired) electrons. The van der Waals surface area contributed by atoms with Gasteiger partial charge < -0.3 is 20.6 Å². The maximum absolute atomic E-state index is 12.1. The van der Waals surface area contributed by atoms with Crippen molar-refractivity contribution in [1.29, 1.82) is 0 Å². The molecule has 1 saturated heterocycles. The summed E-state index contributed by atoms with van der Waals surface area (Å²) in [6, 6.07) is 5.18. The first-order valence-corrected chi connectivity index (χ1v) is 7.97. The Morgan fingerprint density at radius 2 is 1.92 bits per heavy atom. The number of rotatable bonds is 6. The number of nitrogens with one attached hydrogen (secondary N) is 2. The number of hydrogen-bond acceptors (Lipinski definition) is 5. The number of carboxylic acids is 1. The molecule has 1 aromatic rings. The minimum Gasteiger partial charge on any atom is -0.481 e. The van der Waals surface area contributed by atoms with E-state index in [0.29, 0.717) is 18.5 Å². The molecule has 10 heteroatoms. The molecule has 0 spiro atoms. The molecule has 1 heterocycles. The molecular formula is C16H20N4O6. The molecule has 1 unspecified atom stereocenters. The van der Waals surface area contributed by atoms with E-state index in [9.17, 15) is 24.5 Å². The molecule has 26 heavy (non-hydrogen) atoms. The monoisotopic (exact) mass is 364 g/mol. The van der Waals surface area contributed by atoms with Crippen LogP contribution in [-0.2, 0) is 16.1 Å². The zero-order chi connectivity index (χ0) is 19.3. The molecule has 0 bridgehead atoms. The zero-order valence-corrected chi connectivity index (χ0v) is 14.2. The average molecular weight is 364 g/mol. The predicted octanol–water partition coefficient (Wildman–Crippen LogP) is 0.717. The number of amides is 3. The van der Waals surface area contributed by atoms with Crippen LogP contribution in [-0.4, -0.2) is 52.5 Å². The molecule has 3 N–H and O–H groups in total. The summed E-state index contributed by atoms with van der Waals surface area (Å²) in [6.45, 7) is 1.97. The van der Waals surface area contributed by atoms with Gasteiger partial charge in [0.25, 0.3) is 5.69 Å². The van der Waals surface area contributed by atoms with E-state index < -0.39 is 22.3 Å². The van der Waals surface area contributed by atoms with E-state index in [4.69, 9.17) is 5.11 Å². The first-order chi connectivity index (χ1) is 12.2. The summed E-state index contributed by atoms with van der Waals surface area (Å²) in [4.78, 5) is 46.5. The van der Waals surface area contributed by atoms with Crippen molar-refractivity contribution in [2.24, 2.45) is 5.41 Å². The average Bonchev–Trinajstić information content (AvgIpc) is 3.02. The third kappa shape index (κ3) is 4.68. The third-order valence-electron chi connectivity index (χ3n) is 4.34. The van der Waals surface area contributed by atoms with Gasteiger partial charge in [0.1, 0.15) is 0 Å². The van der Waals surface area contributed by atoms with Crippen LogP contribution in [0.2, 0.25) is 0 Å². The number of carbonyl (C=O) groups is 3.